The predicted octanol–water partition coefficient (Wildman–Crippen LogP) is 4.90. The summed E-state index contributed by atoms with van der Waals surface area (Å²) < 4.78 is 40.9. The largest absolute Gasteiger partial charge is 0.465 e. The van der Waals surface area contributed by atoms with E-state index in [1.54, 1.807) is 0 Å². The number of carboxylic acid groups (broad SMARTS) is 1. The summed E-state index contributed by atoms with van der Waals surface area (Å²) in [5.41, 5.74) is 0.916. The molecule has 0 fully saturated rings. The molecular weight excluding hydrogens is 494 g/mol. The summed E-state index contributed by atoms with van der Waals surface area (Å²) in [7, 11) is 0. The highest BCUT2D eigenvalue weighted by atomic mass is 127. The third kappa shape index (κ3) is 4.20. The molecule has 5 nitrogen and oxygen atoms in total. The molecule has 1 aliphatic heterocycles. The first-order valence-electron chi connectivity index (χ1n) is 8.18. The molecule has 146 valence electrons. The molecule has 0 saturated carbocycles. The summed E-state index contributed by atoms with van der Waals surface area (Å²) in [6.07, 6.45) is -2.48. The van der Waals surface area contributed by atoms with E-state index in [4.69, 9.17) is 0 Å². The second-order valence-electron chi connectivity index (χ2n) is 6.15. The van der Waals surface area contributed by atoms with Crippen LogP contribution in [-0.2, 0) is 19.1 Å². The van der Waals surface area contributed by atoms with Crippen molar-refractivity contribution in [2.24, 2.45) is 0 Å². The Kier molecular flexibility index (Phi) is 5.94. The lowest BCUT2D eigenvalue weighted by Crippen LogP contribution is -2.42. The number of halogens is 4. The van der Waals surface area contributed by atoms with Gasteiger partial charge in [-0.1, -0.05) is 23.9 Å². The zero-order chi connectivity index (χ0) is 19.8. The summed E-state index contributed by atoms with van der Waals surface area (Å²) in [5.74, 6) is 0. The molecule has 0 saturated heterocycles. The van der Waals surface area contributed by atoms with E-state index in [1.165, 1.54) is 28.8 Å². The van der Waals surface area contributed by atoms with E-state index in [0.29, 0.717) is 25.9 Å². The van der Waals surface area contributed by atoms with Crippen molar-refractivity contribution in [3.05, 3.63) is 44.8 Å². The molecule has 0 spiro atoms. The van der Waals surface area contributed by atoms with Gasteiger partial charge in [0.1, 0.15) is 3.70 Å². The van der Waals surface area contributed by atoms with Gasteiger partial charge in [-0.25, -0.2) is 9.78 Å². The van der Waals surface area contributed by atoms with Crippen LogP contribution in [0.15, 0.2) is 29.4 Å². The van der Waals surface area contributed by atoms with E-state index in [9.17, 15) is 23.1 Å². The fraction of sp³-hybridized carbons (Fsp3) is 0.412. The van der Waals surface area contributed by atoms with E-state index in [1.807, 2.05) is 10.8 Å². The van der Waals surface area contributed by atoms with Crippen molar-refractivity contribution in [1.29, 1.82) is 0 Å². The maximum Gasteiger partial charge on any atom is 0.416 e. The van der Waals surface area contributed by atoms with Crippen molar-refractivity contribution < 1.29 is 23.1 Å². The van der Waals surface area contributed by atoms with Crippen molar-refractivity contribution in [1.82, 2.24) is 14.5 Å². The third-order valence-corrected chi connectivity index (χ3v) is 6.07. The van der Waals surface area contributed by atoms with E-state index in [-0.39, 0.29) is 6.04 Å². The van der Waals surface area contributed by atoms with Crippen molar-refractivity contribution in [2.75, 3.05) is 12.8 Å². The lowest BCUT2D eigenvalue weighted by atomic mass is 10.00. The number of alkyl halides is 3. The van der Waals surface area contributed by atoms with Crippen LogP contribution in [0.2, 0.25) is 0 Å². The molecule has 3 rings (SSSR count). The zero-order valence-corrected chi connectivity index (χ0v) is 17.3. The van der Waals surface area contributed by atoms with Gasteiger partial charge >= 0.3 is 12.3 Å². The van der Waals surface area contributed by atoms with E-state index >= 15 is 0 Å². The molecule has 27 heavy (non-hydrogen) atoms. The number of rotatable bonds is 4. The molecule has 10 heteroatoms. The van der Waals surface area contributed by atoms with Crippen LogP contribution in [-0.4, -0.2) is 38.5 Å². The Balaban J connectivity index is 1.83. The van der Waals surface area contributed by atoms with Crippen LogP contribution >= 0.6 is 34.4 Å². The van der Waals surface area contributed by atoms with Crippen molar-refractivity contribution in [2.45, 2.75) is 36.8 Å². The Morgan fingerprint density at radius 2 is 2.00 bits per heavy atom. The van der Waals surface area contributed by atoms with Crippen LogP contribution in [0, 0.1) is 3.70 Å². The van der Waals surface area contributed by atoms with E-state index < -0.39 is 17.8 Å². The summed E-state index contributed by atoms with van der Waals surface area (Å²) in [4.78, 5) is 17.6. The molecule has 1 unspecified atom stereocenters. The fourth-order valence-electron chi connectivity index (χ4n) is 3.30. The van der Waals surface area contributed by atoms with E-state index in [2.05, 4.69) is 27.6 Å². The topological polar surface area (TPSA) is 58.4 Å². The Hall–Kier alpha value is -1.43. The number of fused-ring (bicyclic) bond motifs is 1. The molecule has 1 amide bonds. The minimum Gasteiger partial charge on any atom is -0.465 e. The number of thioether (sulfide) groups is 1. The molecule has 1 aromatic heterocycles. The van der Waals surface area contributed by atoms with Gasteiger partial charge in [0.15, 0.2) is 5.16 Å². The normalized spacial score (nSPS) is 17.1. The average Bonchev–Trinajstić information content (AvgIpc) is 2.95. The summed E-state index contributed by atoms with van der Waals surface area (Å²) in [5, 5.41) is 10.4. The molecular formula is C17H17F3IN3O2S. The molecule has 0 aliphatic carbocycles. The second-order valence-corrected chi connectivity index (χ2v) is 7.95. The number of hydrogen-bond donors (Lipinski definition) is 1. The van der Waals surface area contributed by atoms with Crippen molar-refractivity contribution >= 4 is 40.4 Å². The molecule has 1 aromatic carbocycles. The lowest BCUT2D eigenvalue weighted by Gasteiger charge is -2.35. The average molecular weight is 511 g/mol. The minimum absolute atomic E-state index is 0.361. The highest BCUT2D eigenvalue weighted by Gasteiger charge is 2.35. The molecule has 2 heterocycles. The molecule has 0 bridgehead atoms. The smallest absolute Gasteiger partial charge is 0.416 e. The van der Waals surface area contributed by atoms with Gasteiger partial charge in [0, 0.05) is 13.1 Å². The van der Waals surface area contributed by atoms with Gasteiger partial charge in [-0.2, -0.15) is 13.2 Å². The number of hydrogen-bond acceptors (Lipinski definition) is 3. The quantitative estimate of drug-likeness (QED) is 0.469. The molecule has 1 atom stereocenters. The van der Waals surface area contributed by atoms with Crippen molar-refractivity contribution in [3.63, 3.8) is 0 Å². The second kappa shape index (κ2) is 7.90. The fourth-order valence-corrected chi connectivity index (χ4v) is 4.94. The number of carbonyl (C=O) groups is 1. The summed E-state index contributed by atoms with van der Waals surface area (Å²) >= 11 is 3.62. The Labute approximate surface area is 172 Å². The van der Waals surface area contributed by atoms with Gasteiger partial charge in [0.25, 0.3) is 0 Å². The lowest BCUT2D eigenvalue weighted by molar-refractivity contribution is -0.137. The Morgan fingerprint density at radius 3 is 2.56 bits per heavy atom. The van der Waals surface area contributed by atoms with Gasteiger partial charge in [-0.15, -0.1) is 0 Å². The summed E-state index contributed by atoms with van der Waals surface area (Å²) in [6, 6.07) is 4.65. The molecule has 2 aromatic rings. The number of nitrogens with zero attached hydrogens (tertiary/aromatic N) is 3. The first-order valence-corrected chi connectivity index (χ1v) is 10.5. The monoisotopic (exact) mass is 511 g/mol. The SMILES string of the molecule is CSc1nc(I)c2n1CCN(C(=O)O)C2CCc1ccc(C(F)(F)F)cc1. The maximum atomic E-state index is 12.7. The standard InChI is InChI=1S/C17H17F3IN3O2S/c1-27-15-22-14(21)13-12(23(16(25)26)8-9-24(13)15)7-4-10-2-5-11(6-3-10)17(18,19)20/h2-3,5-6,12H,4,7-9H2,1H3,(H,25,26). The zero-order valence-electron chi connectivity index (χ0n) is 14.3. The van der Waals surface area contributed by atoms with Crippen LogP contribution in [0.5, 0.6) is 0 Å². The van der Waals surface area contributed by atoms with E-state index in [0.717, 1.165) is 32.2 Å². The third-order valence-electron chi connectivity index (χ3n) is 4.60. The Bertz CT molecular complexity index is 839. The maximum absolute atomic E-state index is 12.7. The summed E-state index contributed by atoms with van der Waals surface area (Å²) in [6.45, 7) is 0.907. The number of aryl methyl sites for hydroxylation is 1. The first-order chi connectivity index (χ1) is 12.7. The molecule has 0 radical (unpaired) electrons. The van der Waals surface area contributed by atoms with Gasteiger partial charge in [-0.3, -0.25) is 4.90 Å². The van der Waals surface area contributed by atoms with Gasteiger partial charge in [-0.05, 0) is 59.4 Å². The van der Waals surface area contributed by atoms with Crippen LogP contribution in [0.4, 0.5) is 18.0 Å². The van der Waals surface area contributed by atoms with Gasteiger partial charge < -0.3 is 9.67 Å². The number of aromatic nitrogens is 2. The molecule has 1 N–H and O–H groups in total. The number of imidazole rings is 1. The van der Waals surface area contributed by atoms with Gasteiger partial charge in [0.05, 0.1) is 17.3 Å². The van der Waals surface area contributed by atoms with Crippen LogP contribution in [0.1, 0.15) is 29.3 Å². The van der Waals surface area contributed by atoms with Gasteiger partial charge in [0.2, 0.25) is 0 Å². The number of benzene rings is 1. The number of amides is 1. The van der Waals surface area contributed by atoms with Crippen LogP contribution in [0.3, 0.4) is 0 Å². The van der Waals surface area contributed by atoms with Crippen LogP contribution < -0.4 is 0 Å². The predicted molar refractivity (Wildman–Crippen MR) is 104 cm³/mol. The minimum atomic E-state index is -4.36. The first kappa shape index (κ1) is 20.3. The highest BCUT2D eigenvalue weighted by molar-refractivity contribution is 14.1. The molecule has 1 aliphatic rings. The Morgan fingerprint density at radius 1 is 1.33 bits per heavy atom. The van der Waals surface area contributed by atoms with Crippen molar-refractivity contribution in [3.8, 4) is 0 Å². The highest BCUT2D eigenvalue weighted by Crippen LogP contribution is 2.36. The van der Waals surface area contributed by atoms with Crippen LogP contribution in [0.25, 0.3) is 0 Å².